The number of nitrogens with zero attached hydrogens (tertiary/aromatic N) is 1. The fourth-order valence-electron chi connectivity index (χ4n) is 6.18. The summed E-state index contributed by atoms with van der Waals surface area (Å²) >= 11 is 0. The van der Waals surface area contributed by atoms with Gasteiger partial charge in [-0.25, -0.2) is 4.79 Å². The van der Waals surface area contributed by atoms with Gasteiger partial charge in [0.25, 0.3) is 0 Å². The molecule has 38 heavy (non-hydrogen) atoms. The molecule has 7 rings (SSSR count). The smallest absolute Gasteiger partial charge is 0.333 e. The molecular formula is C33H33N2O3+. The van der Waals surface area contributed by atoms with Crippen molar-refractivity contribution in [1.29, 1.82) is 0 Å². The Morgan fingerprint density at radius 2 is 1.47 bits per heavy atom. The van der Waals surface area contributed by atoms with Gasteiger partial charge in [-0.3, -0.25) is 4.79 Å². The molecule has 3 aliphatic heterocycles. The van der Waals surface area contributed by atoms with E-state index in [1.807, 2.05) is 97.1 Å². The van der Waals surface area contributed by atoms with Crippen molar-refractivity contribution in [3.8, 4) is 0 Å². The van der Waals surface area contributed by atoms with Crippen LogP contribution in [0.5, 0.6) is 0 Å². The van der Waals surface area contributed by atoms with Crippen molar-refractivity contribution < 1.29 is 18.8 Å². The Balaban J connectivity index is 1.18. The van der Waals surface area contributed by atoms with Crippen LogP contribution in [0, 0.1) is 5.92 Å². The van der Waals surface area contributed by atoms with Crippen molar-refractivity contribution in [2.75, 3.05) is 31.5 Å². The Labute approximate surface area is 223 Å². The fourth-order valence-corrected chi connectivity index (χ4v) is 6.18. The third kappa shape index (κ3) is 5.07. The van der Waals surface area contributed by atoms with Crippen LogP contribution in [-0.2, 0) is 9.53 Å². The number of ketones is 1. The normalized spacial score (nSPS) is 23.1. The Hall–Kier alpha value is -3.96. The molecule has 0 spiro atoms. The lowest BCUT2D eigenvalue weighted by Gasteiger charge is -2.51. The van der Waals surface area contributed by atoms with Crippen LogP contribution in [0.1, 0.15) is 34.8 Å². The molecule has 0 saturated carbocycles. The summed E-state index contributed by atoms with van der Waals surface area (Å²) in [4.78, 5) is 27.0. The van der Waals surface area contributed by atoms with E-state index in [0.717, 1.165) is 53.5 Å². The number of hydrogen-bond acceptors (Lipinski definition) is 4. The van der Waals surface area contributed by atoms with Crippen molar-refractivity contribution in [3.63, 3.8) is 0 Å². The molecule has 5 heteroatoms. The van der Waals surface area contributed by atoms with Crippen molar-refractivity contribution in [1.82, 2.24) is 0 Å². The van der Waals surface area contributed by atoms with Crippen LogP contribution in [0.4, 0.5) is 5.69 Å². The number of Topliss-reactive ketones (excluding diaryl/α,β-unsaturated/α-hetero) is 1. The molecule has 2 bridgehead atoms. The van der Waals surface area contributed by atoms with Gasteiger partial charge in [0.1, 0.15) is 13.1 Å². The van der Waals surface area contributed by atoms with E-state index in [1.54, 1.807) is 0 Å². The van der Waals surface area contributed by atoms with E-state index >= 15 is 0 Å². The molecule has 4 aromatic rings. The van der Waals surface area contributed by atoms with E-state index in [1.165, 1.54) is 0 Å². The second-order valence-electron chi connectivity index (χ2n) is 10.8. The molecule has 3 heterocycles. The molecule has 2 atom stereocenters. The summed E-state index contributed by atoms with van der Waals surface area (Å²) in [5, 5.41) is 5.59. The summed E-state index contributed by atoms with van der Waals surface area (Å²) in [5.41, 5.74) is 2.50. The molecule has 1 unspecified atom stereocenters. The molecule has 192 valence electrons. The summed E-state index contributed by atoms with van der Waals surface area (Å²) in [6.45, 7) is 3.07. The van der Waals surface area contributed by atoms with E-state index in [2.05, 4.69) is 11.4 Å². The highest BCUT2D eigenvalue weighted by molar-refractivity contribution is 6.00. The Morgan fingerprint density at radius 1 is 0.816 bits per heavy atom. The van der Waals surface area contributed by atoms with E-state index in [-0.39, 0.29) is 17.9 Å². The third-order valence-electron chi connectivity index (χ3n) is 8.31. The average Bonchev–Trinajstić information content (AvgIpc) is 2.97. The monoisotopic (exact) mass is 505 g/mol. The van der Waals surface area contributed by atoms with Crippen LogP contribution >= 0.6 is 0 Å². The number of rotatable bonds is 8. The number of ether oxygens (including phenoxy) is 1. The van der Waals surface area contributed by atoms with Crippen LogP contribution in [0.25, 0.3) is 10.8 Å². The zero-order valence-electron chi connectivity index (χ0n) is 21.5. The van der Waals surface area contributed by atoms with Crippen LogP contribution in [-0.4, -0.2) is 48.5 Å². The molecule has 3 saturated heterocycles. The van der Waals surface area contributed by atoms with Crippen LogP contribution < -0.4 is 5.32 Å². The Kier molecular flexibility index (Phi) is 6.69. The summed E-state index contributed by atoms with van der Waals surface area (Å²) in [7, 11) is 0. The number of piperidine rings is 3. The molecule has 0 aliphatic carbocycles. The number of esters is 1. The fraction of sp³-hybridized carbons (Fsp3) is 0.273. The first-order valence-electron chi connectivity index (χ1n) is 13.5. The van der Waals surface area contributed by atoms with Gasteiger partial charge in [0.2, 0.25) is 5.78 Å². The van der Waals surface area contributed by atoms with E-state index in [0.29, 0.717) is 23.5 Å². The van der Waals surface area contributed by atoms with E-state index < -0.39 is 6.04 Å². The summed E-state index contributed by atoms with van der Waals surface area (Å²) in [5.74, 6) is 0.245. The predicted molar refractivity (Wildman–Crippen MR) is 150 cm³/mol. The maximum atomic E-state index is 13.6. The predicted octanol–water partition coefficient (Wildman–Crippen LogP) is 6.03. The largest absolute Gasteiger partial charge is 0.454 e. The summed E-state index contributed by atoms with van der Waals surface area (Å²) in [6, 6.07) is 33.0. The third-order valence-corrected chi connectivity index (χ3v) is 8.31. The molecule has 0 radical (unpaired) electrons. The highest BCUT2D eigenvalue weighted by Crippen LogP contribution is 2.37. The molecular weight excluding hydrogens is 472 g/mol. The quantitative estimate of drug-likeness (QED) is 0.181. The minimum Gasteiger partial charge on any atom is -0.454 e. The molecule has 5 nitrogen and oxygen atoms in total. The van der Waals surface area contributed by atoms with Gasteiger partial charge >= 0.3 is 5.97 Å². The van der Waals surface area contributed by atoms with Crippen LogP contribution in [0.2, 0.25) is 0 Å². The second-order valence-corrected chi connectivity index (χ2v) is 10.8. The minimum absolute atomic E-state index is 0.161. The maximum absolute atomic E-state index is 13.6. The SMILES string of the molecule is O=C(C[N+]12CCC(CC1)C(OC(=O)[C@H](Nc1ccccc1)c1ccccc1)C2)c1ccc2ccccc2c1. The van der Waals surface area contributed by atoms with Crippen LogP contribution in [0.3, 0.4) is 0 Å². The lowest BCUT2D eigenvalue weighted by Crippen LogP contribution is -2.65. The van der Waals surface area contributed by atoms with Gasteiger partial charge in [-0.1, -0.05) is 84.9 Å². The van der Waals surface area contributed by atoms with Crippen LogP contribution in [0.15, 0.2) is 103 Å². The number of nitrogens with one attached hydrogen (secondary N) is 1. The van der Waals surface area contributed by atoms with Crippen molar-refractivity contribution in [2.45, 2.75) is 25.0 Å². The number of anilines is 1. The first-order valence-corrected chi connectivity index (χ1v) is 13.5. The number of carbonyl (C=O) groups is 2. The number of carbonyl (C=O) groups excluding carboxylic acids is 2. The zero-order valence-corrected chi connectivity index (χ0v) is 21.5. The lowest BCUT2D eigenvalue weighted by atomic mass is 9.82. The molecule has 0 aromatic heterocycles. The van der Waals surface area contributed by atoms with Crippen molar-refractivity contribution >= 4 is 28.2 Å². The molecule has 3 fully saturated rings. The number of para-hydroxylation sites is 1. The maximum Gasteiger partial charge on any atom is 0.333 e. The highest BCUT2D eigenvalue weighted by Gasteiger charge is 2.49. The minimum atomic E-state index is -0.596. The first kappa shape index (κ1) is 24.4. The topological polar surface area (TPSA) is 55.4 Å². The van der Waals surface area contributed by atoms with Gasteiger partial charge in [-0.2, -0.15) is 0 Å². The lowest BCUT2D eigenvalue weighted by molar-refractivity contribution is -0.938. The number of benzene rings is 4. The number of fused-ring (bicyclic) bond motifs is 4. The number of hydrogen-bond donors (Lipinski definition) is 1. The first-order chi connectivity index (χ1) is 18.6. The van der Waals surface area contributed by atoms with Crippen molar-refractivity contribution in [3.05, 3.63) is 114 Å². The second kappa shape index (κ2) is 10.4. The Morgan fingerprint density at radius 3 is 2.21 bits per heavy atom. The van der Waals surface area contributed by atoms with E-state index in [9.17, 15) is 9.59 Å². The van der Waals surface area contributed by atoms with Gasteiger partial charge in [-0.15, -0.1) is 0 Å². The van der Waals surface area contributed by atoms with Gasteiger partial charge in [-0.05, 0) is 34.5 Å². The summed E-state index contributed by atoms with van der Waals surface area (Å²) in [6.07, 6.45) is 1.77. The van der Waals surface area contributed by atoms with Crippen molar-refractivity contribution in [2.24, 2.45) is 5.92 Å². The number of quaternary nitrogens is 1. The highest BCUT2D eigenvalue weighted by atomic mass is 16.5. The van der Waals surface area contributed by atoms with Gasteiger partial charge in [0.15, 0.2) is 12.1 Å². The van der Waals surface area contributed by atoms with E-state index in [4.69, 9.17) is 4.74 Å². The molecule has 1 N–H and O–H groups in total. The summed E-state index contributed by atoms with van der Waals surface area (Å²) < 4.78 is 6.95. The zero-order chi connectivity index (χ0) is 26.0. The van der Waals surface area contributed by atoms with Gasteiger partial charge in [0.05, 0.1) is 13.1 Å². The molecule has 4 aromatic carbocycles. The molecule has 3 aliphatic rings. The average molecular weight is 506 g/mol. The standard InChI is InChI=1S/C33H33N2O3/c36-30(28-16-15-24-9-7-8-12-27(24)21-28)22-35-19-17-25(18-20-35)31(23-35)38-33(37)32(26-10-3-1-4-11-26)34-29-13-5-2-6-14-29/h1-16,21,25,31-32,34H,17-20,22-23H2/q+1/t25?,31?,32-,35?/m1/s1. The van der Waals surface area contributed by atoms with Gasteiger partial charge < -0.3 is 14.5 Å². The molecule has 0 amide bonds. The van der Waals surface area contributed by atoms with Gasteiger partial charge in [0, 0.05) is 30.0 Å². The Bertz CT molecular complexity index is 1430.